The molecule has 0 bridgehead atoms. The Balaban J connectivity index is 1.38. The van der Waals surface area contributed by atoms with Crippen LogP contribution in [-0.2, 0) is 16.1 Å². The summed E-state index contributed by atoms with van der Waals surface area (Å²) in [6.45, 7) is 1.92. The number of hydrogen-bond acceptors (Lipinski definition) is 8. The van der Waals surface area contributed by atoms with Crippen LogP contribution in [0.1, 0.15) is 44.3 Å². The number of rotatable bonds is 9. The van der Waals surface area contributed by atoms with Gasteiger partial charge in [-0.1, -0.05) is 32.1 Å². The second kappa shape index (κ2) is 11.3. The molecular formula is C22H31N5O3S2. The molecule has 1 saturated heterocycles. The highest BCUT2D eigenvalue weighted by atomic mass is 32.1. The van der Waals surface area contributed by atoms with E-state index in [2.05, 4.69) is 28.2 Å². The van der Waals surface area contributed by atoms with E-state index in [9.17, 15) is 9.59 Å². The molecule has 8 nitrogen and oxygen atoms in total. The average molecular weight is 478 g/mol. The van der Waals surface area contributed by atoms with Gasteiger partial charge in [-0.2, -0.15) is 0 Å². The summed E-state index contributed by atoms with van der Waals surface area (Å²) in [7, 11) is 0. The summed E-state index contributed by atoms with van der Waals surface area (Å²) in [5.41, 5.74) is -0.271. The fourth-order valence-electron chi connectivity index (χ4n) is 4.57. The number of thiazole rings is 1. The Morgan fingerprint density at radius 1 is 1.31 bits per heavy atom. The number of amides is 2. The number of carbonyl (C=O) groups is 2. The van der Waals surface area contributed by atoms with E-state index < -0.39 is 6.04 Å². The van der Waals surface area contributed by atoms with Crippen LogP contribution in [0.15, 0.2) is 34.4 Å². The summed E-state index contributed by atoms with van der Waals surface area (Å²) >= 11 is 6.02. The van der Waals surface area contributed by atoms with Gasteiger partial charge in [-0.05, 0) is 24.5 Å². The Bertz CT molecular complexity index is 855. The number of carbonyl (C=O) groups excluding carboxylic acids is 2. The van der Waals surface area contributed by atoms with Crippen molar-refractivity contribution in [3.63, 3.8) is 0 Å². The first kappa shape index (κ1) is 23.3. The topological polar surface area (TPSA) is 90.7 Å². The van der Waals surface area contributed by atoms with Crippen molar-refractivity contribution in [2.75, 3.05) is 25.0 Å². The Morgan fingerprint density at radius 2 is 2.16 bits per heavy atom. The highest BCUT2D eigenvalue weighted by Crippen LogP contribution is 2.30. The molecular weight excluding hydrogens is 446 g/mol. The minimum absolute atomic E-state index is 0.0369. The summed E-state index contributed by atoms with van der Waals surface area (Å²) in [5.74, 6) is 1.13. The van der Waals surface area contributed by atoms with Crippen molar-refractivity contribution in [2.45, 2.75) is 56.6 Å². The van der Waals surface area contributed by atoms with E-state index in [4.69, 9.17) is 4.42 Å². The zero-order valence-electron chi connectivity index (χ0n) is 18.1. The molecule has 2 aliphatic rings. The van der Waals surface area contributed by atoms with E-state index in [-0.39, 0.29) is 23.9 Å². The highest BCUT2D eigenvalue weighted by Gasteiger charge is 2.37. The molecule has 4 rings (SSSR count). The van der Waals surface area contributed by atoms with Crippen molar-refractivity contribution < 1.29 is 14.0 Å². The van der Waals surface area contributed by atoms with E-state index in [0.29, 0.717) is 37.1 Å². The third kappa shape index (κ3) is 6.12. The van der Waals surface area contributed by atoms with E-state index in [0.717, 1.165) is 18.6 Å². The standard InChI is InChI=1S/C22H31N5O3S2/c28-19-15-26(22(31)24-14-17-7-4-11-30-17)9-10-27(19)18(13-16-5-2-1-3-6-16)20(29)25-21-23-8-12-32-21/h4,7-8,11-12,16,18,22,24,31H,1-3,5-6,9-10,13-15H2,(H,23,25,29)/t18-,22?/m0/s1. The Hall–Kier alpha value is -1.88. The maximum Gasteiger partial charge on any atom is 0.248 e. The largest absolute Gasteiger partial charge is 0.468 e. The molecule has 1 unspecified atom stereocenters. The third-order valence-electron chi connectivity index (χ3n) is 6.29. The lowest BCUT2D eigenvalue weighted by Crippen LogP contribution is -2.60. The Labute approximate surface area is 198 Å². The van der Waals surface area contributed by atoms with Gasteiger partial charge in [-0.15, -0.1) is 24.0 Å². The fourth-order valence-corrected chi connectivity index (χ4v) is 5.39. The molecule has 2 fully saturated rings. The molecule has 2 atom stereocenters. The van der Waals surface area contributed by atoms with Crippen LogP contribution in [0.25, 0.3) is 0 Å². The molecule has 32 heavy (non-hydrogen) atoms. The fraction of sp³-hybridized carbons (Fsp3) is 0.591. The van der Waals surface area contributed by atoms with E-state index in [1.807, 2.05) is 22.4 Å². The number of thiol groups is 1. The van der Waals surface area contributed by atoms with Gasteiger partial charge in [0.15, 0.2) is 5.13 Å². The van der Waals surface area contributed by atoms with Gasteiger partial charge in [0.05, 0.1) is 19.4 Å². The molecule has 3 heterocycles. The number of aromatic nitrogens is 1. The number of piperazine rings is 1. The van der Waals surface area contributed by atoms with Crippen molar-refractivity contribution in [2.24, 2.45) is 5.92 Å². The van der Waals surface area contributed by atoms with Gasteiger partial charge in [0, 0.05) is 24.7 Å². The summed E-state index contributed by atoms with van der Waals surface area (Å²) in [5, 5.41) is 8.61. The lowest BCUT2D eigenvalue weighted by Gasteiger charge is -2.41. The van der Waals surface area contributed by atoms with E-state index in [1.165, 1.54) is 30.6 Å². The molecule has 1 aliphatic heterocycles. The lowest BCUT2D eigenvalue weighted by atomic mass is 9.84. The normalized spacial score (nSPS) is 20.3. The van der Waals surface area contributed by atoms with Gasteiger partial charge in [0.25, 0.3) is 0 Å². The molecule has 2 amide bonds. The van der Waals surface area contributed by atoms with Crippen LogP contribution < -0.4 is 10.6 Å². The van der Waals surface area contributed by atoms with Gasteiger partial charge in [-0.25, -0.2) is 4.98 Å². The molecule has 0 spiro atoms. The van der Waals surface area contributed by atoms with E-state index in [1.54, 1.807) is 17.4 Å². The molecule has 2 aromatic rings. The Kier molecular flexibility index (Phi) is 8.23. The number of anilines is 1. The maximum absolute atomic E-state index is 13.2. The van der Waals surface area contributed by atoms with Crippen LogP contribution in [0.2, 0.25) is 0 Å². The van der Waals surface area contributed by atoms with Crippen molar-refractivity contribution in [1.82, 2.24) is 20.1 Å². The van der Waals surface area contributed by atoms with Crippen LogP contribution >= 0.6 is 24.0 Å². The maximum atomic E-state index is 13.2. The van der Waals surface area contributed by atoms with E-state index >= 15 is 0 Å². The smallest absolute Gasteiger partial charge is 0.248 e. The predicted molar refractivity (Wildman–Crippen MR) is 127 cm³/mol. The zero-order valence-corrected chi connectivity index (χ0v) is 19.8. The first-order chi connectivity index (χ1) is 15.6. The highest BCUT2D eigenvalue weighted by molar-refractivity contribution is 7.80. The Morgan fingerprint density at radius 3 is 2.84 bits per heavy atom. The second-order valence-corrected chi connectivity index (χ2v) is 9.86. The number of furan rings is 1. The molecule has 0 radical (unpaired) electrons. The first-order valence-electron chi connectivity index (χ1n) is 11.3. The summed E-state index contributed by atoms with van der Waals surface area (Å²) in [6.07, 6.45) is 9.95. The summed E-state index contributed by atoms with van der Waals surface area (Å²) in [6, 6.07) is 3.27. The predicted octanol–water partition coefficient (Wildman–Crippen LogP) is 3.16. The monoisotopic (exact) mass is 477 g/mol. The van der Waals surface area contributed by atoms with Gasteiger partial charge >= 0.3 is 0 Å². The number of hydrogen-bond donors (Lipinski definition) is 3. The molecule has 0 aromatic carbocycles. The molecule has 1 aliphatic carbocycles. The average Bonchev–Trinajstić information content (AvgIpc) is 3.51. The van der Waals surface area contributed by atoms with Crippen LogP contribution in [0.4, 0.5) is 5.13 Å². The molecule has 10 heteroatoms. The van der Waals surface area contributed by atoms with Crippen molar-refractivity contribution >= 4 is 40.9 Å². The number of nitrogens with one attached hydrogen (secondary N) is 2. The summed E-state index contributed by atoms with van der Waals surface area (Å²) in [4.78, 5) is 34.3. The minimum atomic E-state index is -0.467. The lowest BCUT2D eigenvalue weighted by molar-refractivity contribution is -0.144. The summed E-state index contributed by atoms with van der Waals surface area (Å²) < 4.78 is 5.34. The first-order valence-corrected chi connectivity index (χ1v) is 12.7. The second-order valence-electron chi connectivity index (χ2n) is 8.47. The molecule has 174 valence electrons. The van der Waals surface area contributed by atoms with Crippen LogP contribution in [0.5, 0.6) is 0 Å². The van der Waals surface area contributed by atoms with Crippen LogP contribution in [0, 0.1) is 5.92 Å². The minimum Gasteiger partial charge on any atom is -0.468 e. The van der Waals surface area contributed by atoms with Crippen molar-refractivity contribution in [3.8, 4) is 0 Å². The SMILES string of the molecule is O=C(Nc1nccs1)[C@H](CC1CCCCC1)N1CCN(C(S)NCc2ccco2)CC1=O. The van der Waals surface area contributed by atoms with Gasteiger partial charge in [0.2, 0.25) is 11.8 Å². The van der Waals surface area contributed by atoms with Crippen LogP contribution in [0.3, 0.4) is 0 Å². The van der Waals surface area contributed by atoms with Gasteiger partial charge in [-0.3, -0.25) is 19.8 Å². The van der Waals surface area contributed by atoms with Crippen LogP contribution in [-0.4, -0.2) is 57.8 Å². The molecule has 2 N–H and O–H groups in total. The van der Waals surface area contributed by atoms with Crippen molar-refractivity contribution in [3.05, 3.63) is 35.7 Å². The zero-order chi connectivity index (χ0) is 22.3. The molecule has 2 aromatic heterocycles. The number of nitrogens with zero attached hydrogens (tertiary/aromatic N) is 3. The molecule has 1 saturated carbocycles. The third-order valence-corrected chi connectivity index (χ3v) is 7.49. The quantitative estimate of drug-likeness (QED) is 0.380. The van der Waals surface area contributed by atoms with Crippen molar-refractivity contribution in [1.29, 1.82) is 0 Å². The van der Waals surface area contributed by atoms with Gasteiger partial charge in [0.1, 0.15) is 17.3 Å². The van der Waals surface area contributed by atoms with Gasteiger partial charge < -0.3 is 14.6 Å².